The molecular weight excluding hydrogens is 310 g/mol. The molecule has 126 valence electrons. The lowest BCUT2D eigenvalue weighted by atomic mass is 9.94. The van der Waals surface area contributed by atoms with Gasteiger partial charge in [0.25, 0.3) is 0 Å². The molecule has 0 bridgehead atoms. The van der Waals surface area contributed by atoms with Gasteiger partial charge in [-0.15, -0.1) is 0 Å². The Bertz CT molecular complexity index is 994. The number of aromatic nitrogens is 1. The van der Waals surface area contributed by atoms with Gasteiger partial charge in [0.15, 0.2) is 0 Å². The number of hydrogen-bond donors (Lipinski definition) is 0. The zero-order valence-electron chi connectivity index (χ0n) is 14.6. The van der Waals surface area contributed by atoms with E-state index in [1.807, 2.05) is 13.0 Å². The largest absolute Gasteiger partial charge is 0.463 e. The third-order valence-electron chi connectivity index (χ3n) is 4.98. The first-order chi connectivity index (χ1) is 12.2. The Morgan fingerprint density at radius 3 is 2.72 bits per heavy atom. The minimum Gasteiger partial charge on any atom is -0.463 e. The van der Waals surface area contributed by atoms with Crippen molar-refractivity contribution in [1.82, 2.24) is 4.57 Å². The van der Waals surface area contributed by atoms with Crippen molar-refractivity contribution >= 4 is 22.4 Å². The molecule has 0 amide bonds. The van der Waals surface area contributed by atoms with Crippen LogP contribution in [0, 0.1) is 0 Å². The maximum Gasteiger partial charge on any atom is 0.331 e. The Labute approximate surface area is 147 Å². The fourth-order valence-corrected chi connectivity index (χ4v) is 3.88. The lowest BCUT2D eigenvalue weighted by Crippen LogP contribution is -2.02. The van der Waals surface area contributed by atoms with Crippen LogP contribution in [0.4, 0.5) is 0 Å². The maximum absolute atomic E-state index is 12.3. The smallest absolute Gasteiger partial charge is 0.331 e. The molecule has 2 aromatic carbocycles. The van der Waals surface area contributed by atoms with Crippen LogP contribution in [0.2, 0.25) is 0 Å². The van der Waals surface area contributed by atoms with Crippen LogP contribution in [0.5, 0.6) is 0 Å². The summed E-state index contributed by atoms with van der Waals surface area (Å²) in [6, 6.07) is 16.8. The molecule has 3 heteroatoms. The third kappa shape index (κ3) is 2.56. The van der Waals surface area contributed by atoms with Crippen molar-refractivity contribution in [1.29, 1.82) is 0 Å². The second kappa shape index (κ2) is 6.25. The van der Waals surface area contributed by atoms with Crippen molar-refractivity contribution in [3.05, 3.63) is 77.0 Å². The van der Waals surface area contributed by atoms with Crippen LogP contribution in [0.3, 0.4) is 0 Å². The van der Waals surface area contributed by atoms with Crippen LogP contribution in [-0.2, 0) is 29.4 Å². The topological polar surface area (TPSA) is 31.2 Å². The van der Waals surface area contributed by atoms with Crippen molar-refractivity contribution in [3.63, 3.8) is 0 Å². The van der Waals surface area contributed by atoms with Crippen LogP contribution in [0.15, 0.2) is 54.6 Å². The van der Waals surface area contributed by atoms with Gasteiger partial charge in [-0.25, -0.2) is 4.79 Å². The molecule has 0 spiro atoms. The van der Waals surface area contributed by atoms with E-state index < -0.39 is 0 Å². The number of aryl methyl sites for hydroxylation is 2. The molecule has 0 N–H and O–H groups in total. The zero-order chi connectivity index (χ0) is 17.4. The van der Waals surface area contributed by atoms with E-state index in [1.165, 1.54) is 22.2 Å². The van der Waals surface area contributed by atoms with Crippen LogP contribution < -0.4 is 0 Å². The lowest BCUT2D eigenvalue weighted by molar-refractivity contribution is -0.137. The van der Waals surface area contributed by atoms with E-state index in [4.69, 9.17) is 4.74 Å². The maximum atomic E-state index is 12.3. The van der Waals surface area contributed by atoms with E-state index in [9.17, 15) is 4.79 Å². The highest BCUT2D eigenvalue weighted by Crippen LogP contribution is 2.39. The van der Waals surface area contributed by atoms with Crippen LogP contribution in [-0.4, -0.2) is 17.1 Å². The standard InChI is InChI=1S/C22H21NO2/c1-3-25-21(24)14-18-16-9-5-4-8-15(16)12-13-20-22(18)17-10-6-7-11-19(17)23(20)2/h4-11,14H,3,12-13H2,1-2H3/b18-14-. The number of fused-ring (bicyclic) bond motifs is 4. The minimum atomic E-state index is -0.284. The average molecular weight is 331 g/mol. The number of carbonyl (C=O) groups is 1. The molecule has 1 aromatic heterocycles. The fraction of sp³-hybridized carbons (Fsp3) is 0.227. The predicted octanol–water partition coefficient (Wildman–Crippen LogP) is 4.27. The summed E-state index contributed by atoms with van der Waals surface area (Å²) in [6.07, 6.45) is 3.59. The van der Waals surface area contributed by atoms with E-state index in [0.29, 0.717) is 6.61 Å². The summed E-state index contributed by atoms with van der Waals surface area (Å²) in [7, 11) is 2.11. The van der Waals surface area contributed by atoms with E-state index in [0.717, 1.165) is 29.5 Å². The van der Waals surface area contributed by atoms with Gasteiger partial charge in [-0.2, -0.15) is 0 Å². The van der Waals surface area contributed by atoms with Gasteiger partial charge in [-0.3, -0.25) is 0 Å². The predicted molar refractivity (Wildman–Crippen MR) is 100 cm³/mol. The van der Waals surface area contributed by atoms with E-state index in [-0.39, 0.29) is 5.97 Å². The molecule has 0 saturated carbocycles. The number of hydrogen-bond acceptors (Lipinski definition) is 2. The summed E-state index contributed by atoms with van der Waals surface area (Å²) in [4.78, 5) is 12.3. The molecule has 0 atom stereocenters. The zero-order valence-corrected chi connectivity index (χ0v) is 14.6. The molecule has 1 heterocycles. The molecule has 3 aromatic rings. The highest BCUT2D eigenvalue weighted by molar-refractivity contribution is 6.05. The Balaban J connectivity index is 2.05. The summed E-state index contributed by atoms with van der Waals surface area (Å²) in [5.41, 5.74) is 7.01. The highest BCUT2D eigenvalue weighted by Gasteiger charge is 2.24. The normalized spacial score (nSPS) is 14.9. The molecule has 0 unspecified atom stereocenters. The molecular formula is C22H21NO2. The number of rotatable bonds is 2. The van der Waals surface area contributed by atoms with Gasteiger partial charge in [0, 0.05) is 35.3 Å². The van der Waals surface area contributed by atoms with Gasteiger partial charge in [-0.05, 0) is 42.5 Å². The monoisotopic (exact) mass is 331 g/mol. The van der Waals surface area contributed by atoms with E-state index >= 15 is 0 Å². The highest BCUT2D eigenvalue weighted by atomic mass is 16.5. The van der Waals surface area contributed by atoms with Gasteiger partial charge in [0.1, 0.15) is 0 Å². The molecule has 0 radical (unpaired) electrons. The first-order valence-electron chi connectivity index (χ1n) is 8.74. The molecule has 1 aliphatic carbocycles. The molecule has 4 rings (SSSR count). The second-order valence-electron chi connectivity index (χ2n) is 6.37. The summed E-state index contributed by atoms with van der Waals surface area (Å²) in [5.74, 6) is -0.284. The quantitative estimate of drug-likeness (QED) is 0.519. The van der Waals surface area contributed by atoms with Gasteiger partial charge < -0.3 is 9.30 Å². The molecule has 1 aliphatic rings. The Hall–Kier alpha value is -2.81. The Kier molecular flexibility index (Phi) is 3.92. The first kappa shape index (κ1) is 15.7. The van der Waals surface area contributed by atoms with Crippen molar-refractivity contribution in [2.45, 2.75) is 19.8 Å². The van der Waals surface area contributed by atoms with Crippen molar-refractivity contribution in [2.24, 2.45) is 7.05 Å². The van der Waals surface area contributed by atoms with Crippen LogP contribution >= 0.6 is 0 Å². The van der Waals surface area contributed by atoms with Gasteiger partial charge in [0.2, 0.25) is 0 Å². The Morgan fingerprint density at radius 2 is 1.88 bits per heavy atom. The SMILES string of the molecule is CCOC(=O)/C=C1/c2ccccc2CCc2c1c1ccccc1n2C. The minimum absolute atomic E-state index is 0.284. The first-order valence-corrected chi connectivity index (χ1v) is 8.74. The van der Waals surface area contributed by atoms with Crippen LogP contribution in [0.25, 0.3) is 16.5 Å². The van der Waals surface area contributed by atoms with E-state index in [1.54, 1.807) is 6.08 Å². The number of ether oxygens (including phenoxy) is 1. The molecule has 0 saturated heterocycles. The van der Waals surface area contributed by atoms with Crippen molar-refractivity contribution in [3.8, 4) is 0 Å². The van der Waals surface area contributed by atoms with E-state index in [2.05, 4.69) is 54.1 Å². The number of para-hydroxylation sites is 1. The summed E-state index contributed by atoms with van der Waals surface area (Å²) >= 11 is 0. The number of esters is 1. The second-order valence-corrected chi connectivity index (χ2v) is 6.37. The fourth-order valence-electron chi connectivity index (χ4n) is 3.88. The summed E-state index contributed by atoms with van der Waals surface area (Å²) in [6.45, 7) is 2.22. The lowest BCUT2D eigenvalue weighted by Gasteiger charge is -2.10. The summed E-state index contributed by atoms with van der Waals surface area (Å²) in [5, 5.41) is 1.19. The Morgan fingerprint density at radius 1 is 1.12 bits per heavy atom. The van der Waals surface area contributed by atoms with Gasteiger partial charge >= 0.3 is 5.97 Å². The molecule has 0 fully saturated rings. The molecule has 3 nitrogen and oxygen atoms in total. The number of benzene rings is 2. The van der Waals surface area contributed by atoms with Gasteiger partial charge in [-0.1, -0.05) is 42.5 Å². The molecule has 0 aliphatic heterocycles. The number of nitrogens with zero attached hydrogens (tertiary/aromatic N) is 1. The third-order valence-corrected chi connectivity index (χ3v) is 4.98. The van der Waals surface area contributed by atoms with Crippen molar-refractivity contribution < 1.29 is 9.53 Å². The number of carbonyl (C=O) groups excluding carboxylic acids is 1. The van der Waals surface area contributed by atoms with Gasteiger partial charge in [0.05, 0.1) is 6.61 Å². The summed E-state index contributed by atoms with van der Waals surface area (Å²) < 4.78 is 7.47. The molecule has 25 heavy (non-hydrogen) atoms. The average Bonchev–Trinajstić information content (AvgIpc) is 2.80. The van der Waals surface area contributed by atoms with Crippen molar-refractivity contribution in [2.75, 3.05) is 6.61 Å². The van der Waals surface area contributed by atoms with Crippen LogP contribution in [0.1, 0.15) is 29.3 Å².